The molecule has 1 aromatic heterocycles. The van der Waals surface area contributed by atoms with Crippen molar-refractivity contribution in [3.8, 4) is 0 Å². The maximum absolute atomic E-state index is 11.5. The number of rotatable bonds is 3. The number of hydrogen-bond acceptors (Lipinski definition) is 4. The summed E-state index contributed by atoms with van der Waals surface area (Å²) in [6.45, 7) is 3.50. The van der Waals surface area contributed by atoms with Crippen molar-refractivity contribution in [2.24, 2.45) is 0 Å². The molecule has 1 aliphatic carbocycles. The largest absolute Gasteiger partial charge is 0.465 e. The third kappa shape index (κ3) is 1.74. The molecule has 0 saturated carbocycles. The van der Waals surface area contributed by atoms with Gasteiger partial charge in [0.25, 0.3) is 0 Å². The van der Waals surface area contributed by atoms with Crippen LogP contribution in [0.25, 0.3) is 0 Å². The van der Waals surface area contributed by atoms with Gasteiger partial charge in [0.1, 0.15) is 6.54 Å². The van der Waals surface area contributed by atoms with E-state index in [1.807, 2.05) is 11.6 Å². The van der Waals surface area contributed by atoms with Crippen LogP contribution in [0.4, 0.5) is 0 Å². The molecule has 92 valence electrons. The van der Waals surface area contributed by atoms with E-state index in [1.165, 1.54) is 17.0 Å². The van der Waals surface area contributed by atoms with Gasteiger partial charge in [-0.1, -0.05) is 0 Å². The third-order valence-corrected chi connectivity index (χ3v) is 3.53. The number of carbonyl (C=O) groups is 1. The van der Waals surface area contributed by atoms with E-state index in [0.29, 0.717) is 12.6 Å². The standard InChI is InChI=1S/C12H17N3O2/c1-2-17-11(16)7-15-10-4-3-8-12(10)9(14-15)5-6-13-8/h8,13H,2-7H2,1H3. The van der Waals surface area contributed by atoms with Gasteiger partial charge >= 0.3 is 5.97 Å². The molecule has 2 aliphatic rings. The van der Waals surface area contributed by atoms with Gasteiger partial charge in [0, 0.05) is 30.3 Å². The van der Waals surface area contributed by atoms with Crippen LogP contribution in [0.5, 0.6) is 0 Å². The molecule has 2 heterocycles. The zero-order chi connectivity index (χ0) is 11.8. The smallest absolute Gasteiger partial charge is 0.327 e. The summed E-state index contributed by atoms with van der Waals surface area (Å²) in [6, 6.07) is 0.463. The van der Waals surface area contributed by atoms with E-state index in [0.717, 1.165) is 25.8 Å². The van der Waals surface area contributed by atoms with Crippen LogP contribution in [0.1, 0.15) is 36.3 Å². The fourth-order valence-electron chi connectivity index (χ4n) is 2.87. The highest BCUT2D eigenvalue weighted by atomic mass is 16.5. The van der Waals surface area contributed by atoms with Gasteiger partial charge in [0.05, 0.1) is 12.3 Å². The number of aromatic nitrogens is 2. The highest BCUT2D eigenvalue weighted by Gasteiger charge is 2.33. The van der Waals surface area contributed by atoms with Gasteiger partial charge in [-0.2, -0.15) is 5.10 Å². The van der Waals surface area contributed by atoms with Gasteiger partial charge in [0.2, 0.25) is 0 Å². The van der Waals surface area contributed by atoms with E-state index in [-0.39, 0.29) is 12.5 Å². The molecular formula is C12H17N3O2. The van der Waals surface area contributed by atoms with E-state index in [9.17, 15) is 4.79 Å². The Bertz CT molecular complexity index is 453. The van der Waals surface area contributed by atoms with Crippen molar-refractivity contribution in [1.29, 1.82) is 0 Å². The number of carbonyl (C=O) groups excluding carboxylic acids is 1. The first-order valence-corrected chi connectivity index (χ1v) is 6.27. The van der Waals surface area contributed by atoms with Crippen LogP contribution in [0.3, 0.4) is 0 Å². The Labute approximate surface area is 100 Å². The molecule has 0 saturated heterocycles. The van der Waals surface area contributed by atoms with Gasteiger partial charge < -0.3 is 10.1 Å². The molecule has 3 rings (SSSR count). The summed E-state index contributed by atoms with van der Waals surface area (Å²) in [4.78, 5) is 11.5. The molecule has 17 heavy (non-hydrogen) atoms. The van der Waals surface area contributed by atoms with Crippen molar-refractivity contribution >= 4 is 5.97 Å². The molecule has 0 bridgehead atoms. The van der Waals surface area contributed by atoms with Gasteiger partial charge in [-0.25, -0.2) is 0 Å². The number of nitrogens with zero attached hydrogens (tertiary/aromatic N) is 2. The monoisotopic (exact) mass is 235 g/mol. The molecule has 1 N–H and O–H groups in total. The topological polar surface area (TPSA) is 56.2 Å². The molecule has 0 fully saturated rings. The van der Waals surface area contributed by atoms with Crippen LogP contribution in [-0.2, 0) is 28.9 Å². The highest BCUT2D eigenvalue weighted by molar-refractivity contribution is 5.69. The van der Waals surface area contributed by atoms with E-state index in [1.54, 1.807) is 0 Å². The molecule has 0 radical (unpaired) electrons. The van der Waals surface area contributed by atoms with Crippen molar-refractivity contribution in [1.82, 2.24) is 15.1 Å². The number of ether oxygens (including phenoxy) is 1. The Morgan fingerprint density at radius 3 is 3.29 bits per heavy atom. The van der Waals surface area contributed by atoms with Crippen LogP contribution >= 0.6 is 0 Å². The third-order valence-electron chi connectivity index (χ3n) is 3.53. The van der Waals surface area contributed by atoms with Gasteiger partial charge in [-0.3, -0.25) is 9.48 Å². The average molecular weight is 235 g/mol. The summed E-state index contributed by atoms with van der Waals surface area (Å²) >= 11 is 0. The molecule has 5 heteroatoms. The Kier molecular flexibility index (Phi) is 2.63. The zero-order valence-corrected chi connectivity index (χ0v) is 10.0. The fraction of sp³-hybridized carbons (Fsp3) is 0.667. The summed E-state index contributed by atoms with van der Waals surface area (Å²) < 4.78 is 6.82. The summed E-state index contributed by atoms with van der Waals surface area (Å²) in [5, 5.41) is 8.05. The van der Waals surface area contributed by atoms with Crippen molar-refractivity contribution in [2.45, 2.75) is 38.8 Å². The Balaban J connectivity index is 1.87. The second-order valence-electron chi connectivity index (χ2n) is 4.57. The Hall–Kier alpha value is -1.36. The van der Waals surface area contributed by atoms with Crippen molar-refractivity contribution in [2.75, 3.05) is 13.2 Å². The molecule has 1 unspecified atom stereocenters. The minimum atomic E-state index is -0.194. The van der Waals surface area contributed by atoms with E-state index in [2.05, 4.69) is 10.4 Å². The second-order valence-corrected chi connectivity index (χ2v) is 4.57. The van der Waals surface area contributed by atoms with Gasteiger partial charge in [-0.05, 0) is 19.8 Å². The molecule has 1 atom stereocenters. The molecular weight excluding hydrogens is 218 g/mol. The first-order valence-electron chi connectivity index (χ1n) is 6.27. The maximum Gasteiger partial charge on any atom is 0.327 e. The fourth-order valence-corrected chi connectivity index (χ4v) is 2.87. The lowest BCUT2D eigenvalue weighted by molar-refractivity contribution is -0.144. The van der Waals surface area contributed by atoms with E-state index in [4.69, 9.17) is 4.74 Å². The molecule has 1 aromatic rings. The molecule has 5 nitrogen and oxygen atoms in total. The minimum Gasteiger partial charge on any atom is -0.465 e. The molecule has 1 aliphatic heterocycles. The summed E-state index contributed by atoms with van der Waals surface area (Å²) in [5.41, 5.74) is 3.75. The quantitative estimate of drug-likeness (QED) is 0.779. The maximum atomic E-state index is 11.5. The Morgan fingerprint density at radius 1 is 1.59 bits per heavy atom. The zero-order valence-electron chi connectivity index (χ0n) is 10.0. The number of hydrogen-bond donors (Lipinski definition) is 1. The minimum absolute atomic E-state index is 0.194. The van der Waals surface area contributed by atoms with Crippen LogP contribution in [-0.4, -0.2) is 28.9 Å². The number of nitrogens with one attached hydrogen (secondary N) is 1. The average Bonchev–Trinajstić information content (AvgIpc) is 2.87. The van der Waals surface area contributed by atoms with Gasteiger partial charge in [-0.15, -0.1) is 0 Å². The van der Waals surface area contributed by atoms with Gasteiger partial charge in [0.15, 0.2) is 0 Å². The van der Waals surface area contributed by atoms with E-state index >= 15 is 0 Å². The molecule has 0 spiro atoms. The summed E-state index contributed by atoms with van der Waals surface area (Å²) in [6.07, 6.45) is 3.11. The lowest BCUT2D eigenvalue weighted by atomic mass is 10.0. The van der Waals surface area contributed by atoms with E-state index < -0.39 is 0 Å². The molecule has 0 aromatic carbocycles. The van der Waals surface area contributed by atoms with Crippen molar-refractivity contribution in [3.05, 3.63) is 17.0 Å². The highest BCUT2D eigenvalue weighted by Crippen LogP contribution is 2.36. The first kappa shape index (κ1) is 10.8. The predicted molar refractivity (Wildman–Crippen MR) is 61.6 cm³/mol. The van der Waals surface area contributed by atoms with Crippen molar-refractivity contribution in [3.63, 3.8) is 0 Å². The first-order chi connectivity index (χ1) is 8.29. The normalized spacial score (nSPS) is 21.4. The summed E-state index contributed by atoms with van der Waals surface area (Å²) in [5.74, 6) is -0.194. The van der Waals surface area contributed by atoms with Crippen LogP contribution < -0.4 is 5.32 Å². The Morgan fingerprint density at radius 2 is 2.47 bits per heavy atom. The lowest BCUT2D eigenvalue weighted by Gasteiger charge is -2.18. The van der Waals surface area contributed by atoms with Crippen LogP contribution in [0.15, 0.2) is 0 Å². The number of esters is 1. The lowest BCUT2D eigenvalue weighted by Crippen LogP contribution is -2.27. The van der Waals surface area contributed by atoms with Crippen molar-refractivity contribution < 1.29 is 9.53 Å². The molecule has 0 amide bonds. The second kappa shape index (κ2) is 4.14. The summed E-state index contributed by atoms with van der Waals surface area (Å²) in [7, 11) is 0. The van der Waals surface area contributed by atoms with Crippen LogP contribution in [0.2, 0.25) is 0 Å². The van der Waals surface area contributed by atoms with Crippen LogP contribution in [0, 0.1) is 0 Å². The predicted octanol–water partition coefficient (Wildman–Crippen LogP) is 0.579. The SMILES string of the molecule is CCOC(=O)Cn1nc2c3c1CCC3NCC2.